The van der Waals surface area contributed by atoms with Crippen LogP contribution >= 0.6 is 0 Å². The van der Waals surface area contributed by atoms with Crippen LogP contribution in [-0.4, -0.2) is 24.5 Å². The molecule has 3 atom stereocenters. The lowest BCUT2D eigenvalue weighted by Gasteiger charge is -2.28. The highest BCUT2D eigenvalue weighted by Crippen LogP contribution is 2.40. The molecule has 0 amide bonds. The third kappa shape index (κ3) is 2.59. The molecule has 20 heavy (non-hydrogen) atoms. The van der Waals surface area contributed by atoms with Crippen LogP contribution in [0, 0.1) is 11.8 Å². The number of hydrogen-bond acceptors (Lipinski definition) is 2. The van der Waals surface area contributed by atoms with Crippen LogP contribution in [0.3, 0.4) is 0 Å². The molecule has 1 aliphatic carbocycles. The largest absolute Gasteiger partial charge is 0.329 e. The number of benzene rings is 1. The normalized spacial score (nSPS) is 28.0. The summed E-state index contributed by atoms with van der Waals surface area (Å²) in [4.78, 5) is 2.40. The van der Waals surface area contributed by atoms with E-state index in [1.807, 2.05) is 6.07 Å². The van der Waals surface area contributed by atoms with Gasteiger partial charge in [-0.2, -0.15) is 0 Å². The van der Waals surface area contributed by atoms with Crippen LogP contribution in [-0.2, 0) is 0 Å². The molecule has 1 aliphatic heterocycles. The molecule has 1 heterocycles. The zero-order chi connectivity index (χ0) is 14.1. The fraction of sp³-hybridized carbons (Fsp3) is 0.625. The van der Waals surface area contributed by atoms with Crippen molar-refractivity contribution in [3.63, 3.8) is 0 Å². The highest BCUT2D eigenvalue weighted by atomic mass is 19.3. The van der Waals surface area contributed by atoms with E-state index in [0.29, 0.717) is 6.54 Å². The van der Waals surface area contributed by atoms with Crippen molar-refractivity contribution < 1.29 is 8.78 Å². The average Bonchev–Trinajstić information content (AvgIpc) is 3.01. The fourth-order valence-electron chi connectivity index (χ4n) is 3.92. The van der Waals surface area contributed by atoms with Crippen molar-refractivity contribution in [2.75, 3.05) is 19.6 Å². The van der Waals surface area contributed by atoms with Gasteiger partial charge in [0.05, 0.1) is 0 Å². The minimum absolute atomic E-state index is 0.0827. The Balaban J connectivity index is 1.78. The average molecular weight is 280 g/mol. The second-order valence-corrected chi connectivity index (χ2v) is 6.13. The first-order valence-corrected chi connectivity index (χ1v) is 7.51. The summed E-state index contributed by atoms with van der Waals surface area (Å²) < 4.78 is 25.7. The smallest absolute Gasteiger partial charge is 0.263 e. The van der Waals surface area contributed by atoms with Crippen molar-refractivity contribution in [2.45, 2.75) is 31.7 Å². The highest BCUT2D eigenvalue weighted by Gasteiger charge is 2.38. The van der Waals surface area contributed by atoms with E-state index in [4.69, 9.17) is 5.73 Å². The summed E-state index contributed by atoms with van der Waals surface area (Å²) in [5, 5.41) is 0. The predicted molar refractivity (Wildman–Crippen MR) is 75.6 cm³/mol. The first-order chi connectivity index (χ1) is 9.69. The lowest BCUT2D eigenvalue weighted by Crippen LogP contribution is -2.32. The molecule has 3 rings (SSSR count). The van der Waals surface area contributed by atoms with E-state index in [2.05, 4.69) is 4.90 Å². The Bertz CT molecular complexity index is 452. The van der Waals surface area contributed by atoms with Crippen molar-refractivity contribution >= 4 is 0 Å². The van der Waals surface area contributed by atoms with Gasteiger partial charge in [0.25, 0.3) is 6.43 Å². The predicted octanol–water partition coefficient (Wildman–Crippen LogP) is 3.36. The summed E-state index contributed by atoms with van der Waals surface area (Å²) in [5.41, 5.74) is 6.96. The molecule has 1 aromatic carbocycles. The quantitative estimate of drug-likeness (QED) is 0.916. The van der Waals surface area contributed by atoms with Gasteiger partial charge in [-0.15, -0.1) is 0 Å². The molecule has 1 saturated heterocycles. The summed E-state index contributed by atoms with van der Waals surface area (Å²) >= 11 is 0. The molecule has 0 spiro atoms. The van der Waals surface area contributed by atoms with Crippen LogP contribution < -0.4 is 5.73 Å². The SMILES string of the molecule is NCC(c1cccc(C(F)F)c1)N1CC2CCCC2C1. The minimum Gasteiger partial charge on any atom is -0.329 e. The summed E-state index contributed by atoms with van der Waals surface area (Å²) in [5.74, 6) is 1.59. The molecule has 2 fully saturated rings. The van der Waals surface area contributed by atoms with Gasteiger partial charge in [-0.25, -0.2) is 8.78 Å². The Morgan fingerprint density at radius 3 is 2.40 bits per heavy atom. The van der Waals surface area contributed by atoms with Gasteiger partial charge in [0.1, 0.15) is 0 Å². The molecule has 0 bridgehead atoms. The third-order valence-corrected chi connectivity index (χ3v) is 4.97. The molecule has 110 valence electrons. The van der Waals surface area contributed by atoms with Gasteiger partial charge in [-0.05, 0) is 36.3 Å². The molecular formula is C16H22F2N2. The van der Waals surface area contributed by atoms with E-state index in [9.17, 15) is 8.78 Å². The van der Waals surface area contributed by atoms with Crippen LogP contribution in [0.1, 0.15) is 42.9 Å². The van der Waals surface area contributed by atoms with E-state index in [0.717, 1.165) is 30.5 Å². The van der Waals surface area contributed by atoms with Gasteiger partial charge >= 0.3 is 0 Å². The third-order valence-electron chi connectivity index (χ3n) is 4.97. The lowest BCUT2D eigenvalue weighted by molar-refractivity contribution is 0.151. The number of nitrogens with zero attached hydrogens (tertiary/aromatic N) is 1. The summed E-state index contributed by atoms with van der Waals surface area (Å²) in [6.45, 7) is 2.64. The van der Waals surface area contributed by atoms with E-state index >= 15 is 0 Å². The van der Waals surface area contributed by atoms with Crippen molar-refractivity contribution in [1.82, 2.24) is 4.90 Å². The van der Waals surface area contributed by atoms with Gasteiger partial charge in [0.2, 0.25) is 0 Å². The first kappa shape index (κ1) is 14.0. The van der Waals surface area contributed by atoms with Gasteiger partial charge in [-0.3, -0.25) is 4.90 Å². The summed E-state index contributed by atoms with van der Waals surface area (Å²) in [6.07, 6.45) is 1.56. The Morgan fingerprint density at radius 2 is 1.80 bits per heavy atom. The maximum atomic E-state index is 12.8. The molecule has 0 aromatic heterocycles. The Labute approximate surface area is 118 Å². The lowest BCUT2D eigenvalue weighted by atomic mass is 10.0. The summed E-state index contributed by atoms with van der Waals surface area (Å²) in [6, 6.07) is 6.84. The Hall–Kier alpha value is -1.00. The number of fused-ring (bicyclic) bond motifs is 1. The second kappa shape index (κ2) is 5.78. The monoisotopic (exact) mass is 280 g/mol. The number of nitrogens with two attached hydrogens (primary N) is 1. The number of rotatable bonds is 4. The number of hydrogen-bond donors (Lipinski definition) is 1. The van der Waals surface area contributed by atoms with Crippen molar-refractivity contribution in [3.05, 3.63) is 35.4 Å². The van der Waals surface area contributed by atoms with Crippen molar-refractivity contribution in [2.24, 2.45) is 17.6 Å². The van der Waals surface area contributed by atoms with E-state index in [-0.39, 0.29) is 11.6 Å². The number of halogens is 2. The Morgan fingerprint density at radius 1 is 1.15 bits per heavy atom. The number of likely N-dealkylation sites (tertiary alicyclic amines) is 1. The topological polar surface area (TPSA) is 29.3 Å². The van der Waals surface area contributed by atoms with Crippen LogP contribution in [0.2, 0.25) is 0 Å². The van der Waals surface area contributed by atoms with Crippen LogP contribution in [0.5, 0.6) is 0 Å². The fourth-order valence-corrected chi connectivity index (χ4v) is 3.92. The summed E-state index contributed by atoms with van der Waals surface area (Å²) in [7, 11) is 0. The van der Waals surface area contributed by atoms with Crippen LogP contribution in [0.15, 0.2) is 24.3 Å². The number of alkyl halides is 2. The molecule has 1 saturated carbocycles. The zero-order valence-corrected chi connectivity index (χ0v) is 11.6. The van der Waals surface area contributed by atoms with Gasteiger partial charge in [0.15, 0.2) is 0 Å². The van der Waals surface area contributed by atoms with E-state index in [1.54, 1.807) is 12.1 Å². The van der Waals surface area contributed by atoms with Gasteiger partial charge in [-0.1, -0.05) is 24.6 Å². The maximum absolute atomic E-state index is 12.8. The molecule has 0 radical (unpaired) electrons. The molecule has 1 aromatic rings. The molecule has 2 nitrogen and oxygen atoms in total. The molecule has 2 aliphatic rings. The Kier molecular flexibility index (Phi) is 4.03. The van der Waals surface area contributed by atoms with E-state index in [1.165, 1.54) is 25.3 Å². The standard InChI is InChI=1S/C16H22F2N2/c17-16(18)12-4-1-3-11(7-12)15(8-19)20-9-13-5-2-6-14(13)10-20/h1,3-4,7,13-16H,2,5-6,8-10,19H2. The van der Waals surface area contributed by atoms with Crippen molar-refractivity contribution in [1.29, 1.82) is 0 Å². The molecule has 3 unspecified atom stereocenters. The van der Waals surface area contributed by atoms with Crippen LogP contribution in [0.25, 0.3) is 0 Å². The van der Waals surface area contributed by atoms with Gasteiger partial charge in [0, 0.05) is 31.2 Å². The first-order valence-electron chi connectivity index (χ1n) is 7.51. The van der Waals surface area contributed by atoms with E-state index < -0.39 is 6.43 Å². The zero-order valence-electron chi connectivity index (χ0n) is 11.6. The molecule has 2 N–H and O–H groups in total. The minimum atomic E-state index is -2.41. The van der Waals surface area contributed by atoms with Crippen molar-refractivity contribution in [3.8, 4) is 0 Å². The van der Waals surface area contributed by atoms with Crippen LogP contribution in [0.4, 0.5) is 8.78 Å². The molecule has 4 heteroatoms. The van der Waals surface area contributed by atoms with Gasteiger partial charge < -0.3 is 5.73 Å². The highest BCUT2D eigenvalue weighted by molar-refractivity contribution is 5.27. The maximum Gasteiger partial charge on any atom is 0.263 e. The molecular weight excluding hydrogens is 258 g/mol. The second-order valence-electron chi connectivity index (χ2n) is 6.13.